The molecule has 2 heterocycles. The normalized spacial score (nSPS) is 32.8. The number of nitrogens with zero attached hydrogens (tertiary/aromatic N) is 2. The highest BCUT2D eigenvalue weighted by molar-refractivity contribution is 7.80. The summed E-state index contributed by atoms with van der Waals surface area (Å²) in [6.07, 6.45) is 5.19. The van der Waals surface area contributed by atoms with Crippen LogP contribution in [0.4, 0.5) is 4.79 Å². The highest BCUT2D eigenvalue weighted by Gasteiger charge is 2.48. The summed E-state index contributed by atoms with van der Waals surface area (Å²) < 4.78 is 35.1. The molecule has 2 unspecified atom stereocenters. The fraction of sp³-hybridized carbons (Fsp3) is 0.857. The lowest BCUT2D eigenvalue weighted by Gasteiger charge is -2.35. The van der Waals surface area contributed by atoms with Crippen molar-refractivity contribution in [3.8, 4) is 0 Å². The van der Waals surface area contributed by atoms with E-state index >= 15 is 0 Å². The second-order valence-corrected chi connectivity index (χ2v) is 7.92. The van der Waals surface area contributed by atoms with E-state index in [1.807, 2.05) is 7.05 Å². The molecule has 142 valence electrons. The maximum Gasteiger partial charge on any atom is 0.418 e. The lowest BCUT2D eigenvalue weighted by atomic mass is 9.90. The van der Waals surface area contributed by atoms with Gasteiger partial charge in [0.05, 0.1) is 12.1 Å². The number of hydroxylamine groups is 2. The Morgan fingerprint density at radius 2 is 2.00 bits per heavy atom. The Morgan fingerprint density at radius 3 is 2.68 bits per heavy atom. The molecule has 10 nitrogen and oxygen atoms in total. The summed E-state index contributed by atoms with van der Waals surface area (Å²) in [6, 6.07) is -0.856. The fourth-order valence-corrected chi connectivity index (χ4v) is 4.42. The van der Waals surface area contributed by atoms with Crippen molar-refractivity contribution in [1.82, 2.24) is 20.6 Å². The second-order valence-electron chi connectivity index (χ2n) is 6.92. The van der Waals surface area contributed by atoms with E-state index in [1.54, 1.807) is 0 Å². The van der Waals surface area contributed by atoms with Crippen LogP contribution in [-0.2, 0) is 14.7 Å². The van der Waals surface area contributed by atoms with Crippen LogP contribution in [-0.4, -0.2) is 72.6 Å². The predicted molar refractivity (Wildman–Crippen MR) is 89.4 cm³/mol. The molecular formula is C14H25N5O5S. The molecule has 2 amide bonds. The van der Waals surface area contributed by atoms with E-state index in [-0.39, 0.29) is 18.4 Å². The number of carbonyl (C=O) groups excluding carboxylic acids is 1. The maximum absolute atomic E-state index is 12.4. The molecule has 4 atom stereocenters. The zero-order chi connectivity index (χ0) is 18.2. The maximum atomic E-state index is 12.4. The summed E-state index contributed by atoms with van der Waals surface area (Å²) in [6.45, 7) is 0.285. The van der Waals surface area contributed by atoms with Gasteiger partial charge in [-0.15, -0.1) is 4.28 Å². The lowest BCUT2D eigenvalue weighted by Crippen LogP contribution is -2.53. The van der Waals surface area contributed by atoms with Crippen LogP contribution in [0.3, 0.4) is 0 Å². The summed E-state index contributed by atoms with van der Waals surface area (Å²) in [5.74, 6) is 0.280. The van der Waals surface area contributed by atoms with Crippen LogP contribution in [0.15, 0.2) is 0 Å². The molecular weight excluding hydrogens is 350 g/mol. The fourth-order valence-electron chi connectivity index (χ4n) is 4.03. The third-order valence-corrected chi connectivity index (χ3v) is 5.62. The minimum absolute atomic E-state index is 0.194. The highest BCUT2D eigenvalue weighted by atomic mass is 32.3. The smallest absolute Gasteiger partial charge is 0.369 e. The highest BCUT2D eigenvalue weighted by Crippen LogP contribution is 2.31. The van der Waals surface area contributed by atoms with E-state index in [1.165, 1.54) is 4.90 Å². The molecule has 2 aliphatic heterocycles. The average Bonchev–Trinajstić information content (AvgIpc) is 2.78. The zero-order valence-corrected chi connectivity index (χ0v) is 15.0. The van der Waals surface area contributed by atoms with Gasteiger partial charge in [-0.3, -0.25) is 9.96 Å². The third-order valence-electron chi connectivity index (χ3n) is 5.27. The number of fused-ring (bicyclic) bond motifs is 2. The van der Waals surface area contributed by atoms with Crippen LogP contribution in [0, 0.1) is 5.41 Å². The topological polar surface area (TPSA) is 135 Å². The van der Waals surface area contributed by atoms with Crippen molar-refractivity contribution in [1.29, 1.82) is 5.41 Å². The van der Waals surface area contributed by atoms with Gasteiger partial charge >= 0.3 is 16.4 Å². The molecule has 2 saturated heterocycles. The van der Waals surface area contributed by atoms with E-state index in [0.29, 0.717) is 23.9 Å². The summed E-state index contributed by atoms with van der Waals surface area (Å²) in [5.41, 5.74) is 0. The molecule has 1 saturated carbocycles. The van der Waals surface area contributed by atoms with Gasteiger partial charge in [-0.2, -0.15) is 13.5 Å². The number of urea groups is 1. The number of piperidine rings is 1. The summed E-state index contributed by atoms with van der Waals surface area (Å²) in [5, 5.41) is 15.6. The standard InChI is InChI=1S/C14H25N5O5S/c1-16-9-3-2-4-10(7-9)17-13(15)12-6-5-11-8-18(12)14(20)19(11)24-25(21,22)23/h9-12,16H,2-8H2,1H3,(H2,15,17)(H,21,22,23)/t9?,10?,11-,12+/m1/s1. The first kappa shape index (κ1) is 18.4. The van der Waals surface area contributed by atoms with Gasteiger partial charge in [0.1, 0.15) is 5.84 Å². The summed E-state index contributed by atoms with van der Waals surface area (Å²) in [4.78, 5) is 13.8. The number of hydrogen-bond acceptors (Lipinski definition) is 6. The minimum Gasteiger partial charge on any atom is -0.369 e. The minimum atomic E-state index is -4.75. The van der Waals surface area contributed by atoms with E-state index < -0.39 is 28.5 Å². The van der Waals surface area contributed by atoms with Crippen molar-refractivity contribution < 1.29 is 22.0 Å². The first-order valence-corrected chi connectivity index (χ1v) is 9.94. The molecule has 11 heteroatoms. The second kappa shape index (κ2) is 7.06. The van der Waals surface area contributed by atoms with Crippen molar-refractivity contribution >= 4 is 22.3 Å². The van der Waals surface area contributed by atoms with Crippen LogP contribution < -0.4 is 10.6 Å². The average molecular weight is 375 g/mol. The van der Waals surface area contributed by atoms with Crippen LogP contribution >= 0.6 is 0 Å². The van der Waals surface area contributed by atoms with Gasteiger partial charge in [0.15, 0.2) is 0 Å². The molecule has 0 radical (unpaired) electrons. The number of amides is 2. The van der Waals surface area contributed by atoms with Crippen LogP contribution in [0.2, 0.25) is 0 Å². The number of hydrogen-bond donors (Lipinski definition) is 4. The summed E-state index contributed by atoms with van der Waals surface area (Å²) >= 11 is 0. The van der Waals surface area contributed by atoms with Gasteiger partial charge in [0.2, 0.25) is 0 Å². The van der Waals surface area contributed by atoms with Crippen molar-refractivity contribution in [2.24, 2.45) is 0 Å². The Bertz CT molecular complexity index is 642. The van der Waals surface area contributed by atoms with Gasteiger partial charge < -0.3 is 15.5 Å². The van der Waals surface area contributed by atoms with Crippen molar-refractivity contribution in [3.05, 3.63) is 0 Å². The van der Waals surface area contributed by atoms with E-state index in [9.17, 15) is 13.2 Å². The molecule has 4 N–H and O–H groups in total. The number of rotatable bonds is 5. The van der Waals surface area contributed by atoms with E-state index in [0.717, 1.165) is 25.7 Å². The Hall–Kier alpha value is -1.43. The summed E-state index contributed by atoms with van der Waals surface area (Å²) in [7, 11) is -2.81. The third kappa shape index (κ3) is 4.05. The Kier molecular flexibility index (Phi) is 5.19. The van der Waals surface area contributed by atoms with Crippen LogP contribution in [0.1, 0.15) is 38.5 Å². The zero-order valence-electron chi connectivity index (χ0n) is 14.1. The van der Waals surface area contributed by atoms with Crippen molar-refractivity contribution in [3.63, 3.8) is 0 Å². The molecule has 0 aromatic heterocycles. The molecule has 1 aliphatic carbocycles. The lowest BCUT2D eigenvalue weighted by molar-refractivity contribution is -0.0316. The first-order chi connectivity index (χ1) is 11.8. The largest absolute Gasteiger partial charge is 0.418 e. The Balaban J connectivity index is 1.62. The molecule has 25 heavy (non-hydrogen) atoms. The van der Waals surface area contributed by atoms with Crippen molar-refractivity contribution in [2.45, 2.75) is 62.7 Å². The molecule has 0 aromatic rings. The number of nitrogens with one attached hydrogen (secondary N) is 3. The molecule has 3 rings (SSSR count). The number of amidine groups is 1. The molecule has 2 bridgehead atoms. The van der Waals surface area contributed by atoms with Crippen molar-refractivity contribution in [2.75, 3.05) is 13.6 Å². The Labute approximate surface area is 147 Å². The molecule has 0 aromatic carbocycles. The van der Waals surface area contributed by atoms with Gasteiger partial charge in [-0.1, -0.05) is 0 Å². The molecule has 3 fully saturated rings. The van der Waals surface area contributed by atoms with Gasteiger partial charge in [0.25, 0.3) is 0 Å². The van der Waals surface area contributed by atoms with E-state index in [4.69, 9.17) is 9.96 Å². The number of carbonyl (C=O) groups is 1. The molecule has 3 aliphatic rings. The molecule has 0 spiro atoms. The first-order valence-electron chi connectivity index (χ1n) is 8.57. The quantitative estimate of drug-likeness (QED) is 0.304. The monoisotopic (exact) mass is 375 g/mol. The Morgan fingerprint density at radius 1 is 1.28 bits per heavy atom. The van der Waals surface area contributed by atoms with Crippen LogP contribution in [0.25, 0.3) is 0 Å². The van der Waals surface area contributed by atoms with E-state index in [2.05, 4.69) is 14.9 Å². The van der Waals surface area contributed by atoms with Crippen LogP contribution in [0.5, 0.6) is 0 Å². The van der Waals surface area contributed by atoms with Gasteiger partial charge in [-0.05, 0) is 45.6 Å². The van der Waals surface area contributed by atoms with Gasteiger partial charge in [-0.25, -0.2) is 4.79 Å². The predicted octanol–water partition coefficient (Wildman–Crippen LogP) is 0.0869. The SMILES string of the molecule is CNC1CCCC(NC(=N)[C@@H]2CC[C@@H]3CN2C(=O)N3OS(=O)(=O)O)C1. The van der Waals surface area contributed by atoms with Gasteiger partial charge in [0, 0.05) is 18.6 Å².